The monoisotopic (exact) mass is 183 g/mol. The van der Waals surface area contributed by atoms with Crippen molar-refractivity contribution in [3.8, 4) is 0 Å². The number of carbonyl (C=O) groups is 1. The average Bonchev–Trinajstić information content (AvgIpc) is 2.49. The van der Waals surface area contributed by atoms with Crippen molar-refractivity contribution in [2.75, 3.05) is 7.11 Å². The second-order valence-electron chi connectivity index (χ2n) is 2.86. The van der Waals surface area contributed by atoms with Gasteiger partial charge in [-0.1, -0.05) is 0 Å². The van der Waals surface area contributed by atoms with Gasteiger partial charge in [0.15, 0.2) is 0 Å². The summed E-state index contributed by atoms with van der Waals surface area (Å²) in [6.07, 6.45) is 3.96. The van der Waals surface area contributed by atoms with Crippen LogP contribution in [0.25, 0.3) is 0 Å². The average molecular weight is 183 g/mol. The van der Waals surface area contributed by atoms with Crippen molar-refractivity contribution in [1.82, 2.24) is 9.78 Å². The van der Waals surface area contributed by atoms with Crippen LogP contribution in [0.15, 0.2) is 12.4 Å². The van der Waals surface area contributed by atoms with Crippen LogP contribution >= 0.6 is 0 Å². The third-order valence-electron chi connectivity index (χ3n) is 1.72. The molecule has 0 amide bonds. The molecule has 0 aromatic carbocycles. The number of carbonyl (C=O) groups excluding carboxylic acids is 1. The fourth-order valence-electron chi connectivity index (χ4n) is 1.07. The van der Waals surface area contributed by atoms with Gasteiger partial charge in [0.2, 0.25) is 0 Å². The molecule has 72 valence electrons. The van der Waals surface area contributed by atoms with E-state index in [-0.39, 0.29) is 0 Å². The molecule has 1 aromatic rings. The Balaban J connectivity index is 2.54. The number of hydrogen-bond donors (Lipinski definition) is 1. The maximum absolute atomic E-state index is 10.9. The van der Waals surface area contributed by atoms with E-state index in [1.807, 2.05) is 13.2 Å². The first kappa shape index (κ1) is 9.73. The quantitative estimate of drug-likeness (QED) is 0.639. The highest BCUT2D eigenvalue weighted by Gasteiger charge is 2.14. The summed E-state index contributed by atoms with van der Waals surface area (Å²) >= 11 is 0. The molecule has 5 nitrogen and oxygen atoms in total. The molecule has 1 rings (SSSR count). The van der Waals surface area contributed by atoms with Gasteiger partial charge in [-0.3, -0.25) is 9.48 Å². The van der Waals surface area contributed by atoms with Crippen molar-refractivity contribution in [1.29, 1.82) is 0 Å². The Morgan fingerprint density at radius 3 is 3.00 bits per heavy atom. The summed E-state index contributed by atoms with van der Waals surface area (Å²) in [5.41, 5.74) is 6.49. The van der Waals surface area contributed by atoms with E-state index in [4.69, 9.17) is 5.73 Å². The van der Waals surface area contributed by atoms with E-state index < -0.39 is 12.0 Å². The van der Waals surface area contributed by atoms with Gasteiger partial charge in [0.1, 0.15) is 6.04 Å². The minimum Gasteiger partial charge on any atom is -0.468 e. The molecule has 0 unspecified atom stereocenters. The molecule has 2 N–H and O–H groups in total. The number of rotatable bonds is 3. The van der Waals surface area contributed by atoms with E-state index in [2.05, 4.69) is 9.84 Å². The van der Waals surface area contributed by atoms with Crippen molar-refractivity contribution in [3.63, 3.8) is 0 Å². The minimum atomic E-state index is -0.603. The molecule has 0 bridgehead atoms. The van der Waals surface area contributed by atoms with Crippen LogP contribution in [0.1, 0.15) is 5.56 Å². The highest BCUT2D eigenvalue weighted by atomic mass is 16.5. The summed E-state index contributed by atoms with van der Waals surface area (Å²) < 4.78 is 6.17. The Hall–Kier alpha value is -1.36. The lowest BCUT2D eigenvalue weighted by Gasteiger charge is -2.06. The van der Waals surface area contributed by atoms with Crippen molar-refractivity contribution < 1.29 is 9.53 Å². The Morgan fingerprint density at radius 2 is 2.54 bits per heavy atom. The number of ether oxygens (including phenoxy) is 1. The predicted molar refractivity (Wildman–Crippen MR) is 46.9 cm³/mol. The second kappa shape index (κ2) is 4.04. The molecule has 0 aliphatic heterocycles. The summed E-state index contributed by atoms with van der Waals surface area (Å²) in [6.45, 7) is 0. The lowest BCUT2D eigenvalue weighted by atomic mass is 10.1. The Labute approximate surface area is 76.5 Å². The van der Waals surface area contributed by atoms with Crippen LogP contribution < -0.4 is 5.73 Å². The standard InChI is InChI=1S/C8H13N3O2/c1-11-5-6(4-10-11)3-7(9)8(12)13-2/h4-5,7H,3,9H2,1-2H3/t7-/m1/s1. The van der Waals surface area contributed by atoms with Crippen LogP contribution in [0.3, 0.4) is 0 Å². The van der Waals surface area contributed by atoms with E-state index in [0.29, 0.717) is 6.42 Å². The zero-order valence-electron chi connectivity index (χ0n) is 7.73. The van der Waals surface area contributed by atoms with Gasteiger partial charge in [0.05, 0.1) is 13.3 Å². The number of methoxy groups -OCH3 is 1. The molecule has 0 saturated heterocycles. The van der Waals surface area contributed by atoms with Crippen LogP contribution in [0.4, 0.5) is 0 Å². The molecule has 0 aliphatic rings. The lowest BCUT2D eigenvalue weighted by molar-refractivity contribution is -0.142. The van der Waals surface area contributed by atoms with Gasteiger partial charge in [-0.05, 0) is 5.56 Å². The number of nitrogens with zero attached hydrogens (tertiary/aromatic N) is 2. The zero-order valence-corrected chi connectivity index (χ0v) is 7.73. The van der Waals surface area contributed by atoms with E-state index in [1.54, 1.807) is 10.9 Å². The Kier molecular flexibility index (Phi) is 3.02. The molecule has 1 aromatic heterocycles. The zero-order chi connectivity index (χ0) is 9.84. The molecule has 0 spiro atoms. The lowest BCUT2D eigenvalue weighted by Crippen LogP contribution is -2.33. The van der Waals surface area contributed by atoms with E-state index in [1.165, 1.54) is 7.11 Å². The molecule has 0 radical (unpaired) electrons. The van der Waals surface area contributed by atoms with E-state index in [0.717, 1.165) is 5.56 Å². The van der Waals surface area contributed by atoms with Crippen LogP contribution in [-0.4, -0.2) is 28.9 Å². The van der Waals surface area contributed by atoms with Gasteiger partial charge in [0.25, 0.3) is 0 Å². The highest BCUT2D eigenvalue weighted by Crippen LogP contribution is 2.00. The maximum Gasteiger partial charge on any atom is 0.322 e. The fourth-order valence-corrected chi connectivity index (χ4v) is 1.07. The number of aryl methyl sites for hydroxylation is 1. The van der Waals surface area contributed by atoms with E-state index >= 15 is 0 Å². The first-order valence-corrected chi connectivity index (χ1v) is 3.94. The molecular formula is C8H13N3O2. The summed E-state index contributed by atoms with van der Waals surface area (Å²) in [6, 6.07) is -0.603. The summed E-state index contributed by atoms with van der Waals surface area (Å²) in [4.78, 5) is 10.9. The highest BCUT2D eigenvalue weighted by molar-refractivity contribution is 5.75. The van der Waals surface area contributed by atoms with Crippen molar-refractivity contribution >= 4 is 5.97 Å². The SMILES string of the molecule is COC(=O)[C@H](N)Cc1cnn(C)c1. The van der Waals surface area contributed by atoms with Gasteiger partial charge in [0, 0.05) is 19.7 Å². The minimum absolute atomic E-state index is 0.399. The maximum atomic E-state index is 10.9. The van der Waals surface area contributed by atoms with Crippen LogP contribution in [-0.2, 0) is 23.0 Å². The predicted octanol–water partition coefficient (Wildman–Crippen LogP) is -0.537. The molecule has 0 fully saturated rings. The smallest absolute Gasteiger partial charge is 0.322 e. The van der Waals surface area contributed by atoms with Gasteiger partial charge in [-0.2, -0.15) is 5.10 Å². The summed E-state index contributed by atoms with van der Waals surface area (Å²) in [5, 5.41) is 3.96. The largest absolute Gasteiger partial charge is 0.468 e. The molecular weight excluding hydrogens is 170 g/mol. The van der Waals surface area contributed by atoms with Crippen LogP contribution in [0, 0.1) is 0 Å². The second-order valence-corrected chi connectivity index (χ2v) is 2.86. The number of esters is 1. The Bertz CT molecular complexity index is 295. The molecule has 0 saturated carbocycles. The van der Waals surface area contributed by atoms with Crippen molar-refractivity contribution in [2.45, 2.75) is 12.5 Å². The fraction of sp³-hybridized carbons (Fsp3) is 0.500. The van der Waals surface area contributed by atoms with E-state index in [9.17, 15) is 4.79 Å². The summed E-state index contributed by atoms with van der Waals surface area (Å²) in [7, 11) is 3.14. The molecule has 1 heterocycles. The topological polar surface area (TPSA) is 70.1 Å². The Morgan fingerprint density at radius 1 is 1.85 bits per heavy atom. The number of hydrogen-bond acceptors (Lipinski definition) is 4. The summed E-state index contributed by atoms with van der Waals surface area (Å²) in [5.74, 6) is -0.399. The third kappa shape index (κ3) is 2.55. The van der Waals surface area contributed by atoms with Gasteiger partial charge < -0.3 is 10.5 Å². The molecule has 13 heavy (non-hydrogen) atoms. The third-order valence-corrected chi connectivity index (χ3v) is 1.72. The van der Waals surface area contributed by atoms with Crippen molar-refractivity contribution in [2.24, 2.45) is 12.8 Å². The van der Waals surface area contributed by atoms with Crippen LogP contribution in [0.5, 0.6) is 0 Å². The molecule has 1 atom stereocenters. The molecule has 0 aliphatic carbocycles. The van der Waals surface area contributed by atoms with Crippen molar-refractivity contribution in [3.05, 3.63) is 18.0 Å². The van der Waals surface area contributed by atoms with Gasteiger partial charge >= 0.3 is 5.97 Å². The normalized spacial score (nSPS) is 12.5. The van der Waals surface area contributed by atoms with Gasteiger partial charge in [-0.15, -0.1) is 0 Å². The molecule has 5 heteroatoms. The van der Waals surface area contributed by atoms with Crippen LogP contribution in [0.2, 0.25) is 0 Å². The first-order chi connectivity index (χ1) is 6.13. The number of aromatic nitrogens is 2. The van der Waals surface area contributed by atoms with Gasteiger partial charge in [-0.25, -0.2) is 0 Å². The number of nitrogens with two attached hydrogens (primary N) is 1. The first-order valence-electron chi connectivity index (χ1n) is 3.94.